The van der Waals surface area contributed by atoms with Crippen molar-refractivity contribution in [1.29, 1.82) is 0 Å². The van der Waals surface area contributed by atoms with Crippen LogP contribution in [0.4, 0.5) is 0 Å². The fraction of sp³-hybridized carbons (Fsp3) is 0.750. The van der Waals surface area contributed by atoms with Crippen LogP contribution in [0.5, 0.6) is 0 Å². The predicted octanol–water partition coefficient (Wildman–Crippen LogP) is 0.0340. The van der Waals surface area contributed by atoms with Crippen molar-refractivity contribution in [2.24, 2.45) is 0 Å². The van der Waals surface area contributed by atoms with Gasteiger partial charge in [-0.1, -0.05) is 5.21 Å². The van der Waals surface area contributed by atoms with Gasteiger partial charge in [-0.3, -0.25) is 0 Å². The quantitative estimate of drug-likeness (QED) is 0.634. The second-order valence-electron chi connectivity index (χ2n) is 2.71. The van der Waals surface area contributed by atoms with E-state index >= 15 is 0 Å². The Kier molecular flexibility index (Phi) is 4.42. The minimum absolute atomic E-state index is 0.696. The first kappa shape index (κ1) is 10.1. The predicted molar refractivity (Wildman–Crippen MR) is 49.3 cm³/mol. The molecule has 0 spiro atoms. The molecular formula is C8H16N4O. The standard InChI is InChI=1S/C8H16N4O/c1-3-13-5-4-8-6-12(7-9-2)11-10-8/h6,9H,3-5,7H2,1-2H3. The number of aromatic nitrogens is 3. The molecule has 0 saturated heterocycles. The molecule has 0 atom stereocenters. The Morgan fingerprint density at radius 3 is 3.15 bits per heavy atom. The Morgan fingerprint density at radius 1 is 1.62 bits per heavy atom. The van der Waals surface area contributed by atoms with Crippen molar-refractivity contribution in [3.63, 3.8) is 0 Å². The maximum atomic E-state index is 5.21. The van der Waals surface area contributed by atoms with Crippen LogP contribution in [0.1, 0.15) is 12.6 Å². The van der Waals surface area contributed by atoms with E-state index in [0.29, 0.717) is 6.67 Å². The largest absolute Gasteiger partial charge is 0.381 e. The van der Waals surface area contributed by atoms with Crippen LogP contribution >= 0.6 is 0 Å². The second kappa shape index (κ2) is 5.66. The van der Waals surface area contributed by atoms with Crippen LogP contribution in [0, 0.1) is 0 Å². The van der Waals surface area contributed by atoms with Crippen LogP contribution in [0.3, 0.4) is 0 Å². The molecule has 0 saturated carbocycles. The molecule has 0 unspecified atom stereocenters. The number of nitrogens with one attached hydrogen (secondary N) is 1. The Bertz CT molecular complexity index is 236. The van der Waals surface area contributed by atoms with Crippen molar-refractivity contribution in [3.05, 3.63) is 11.9 Å². The zero-order chi connectivity index (χ0) is 9.52. The summed E-state index contributed by atoms with van der Waals surface area (Å²) in [5.41, 5.74) is 0.976. The summed E-state index contributed by atoms with van der Waals surface area (Å²) in [7, 11) is 1.88. The first-order valence-corrected chi connectivity index (χ1v) is 4.48. The van der Waals surface area contributed by atoms with Crippen LogP contribution in [-0.2, 0) is 17.8 Å². The Morgan fingerprint density at radius 2 is 2.46 bits per heavy atom. The van der Waals surface area contributed by atoms with E-state index in [4.69, 9.17) is 4.74 Å². The summed E-state index contributed by atoms with van der Waals surface area (Å²) < 4.78 is 6.98. The highest BCUT2D eigenvalue weighted by Gasteiger charge is 1.98. The van der Waals surface area contributed by atoms with E-state index in [1.165, 1.54) is 0 Å². The van der Waals surface area contributed by atoms with Crippen molar-refractivity contribution in [2.45, 2.75) is 20.0 Å². The third kappa shape index (κ3) is 3.52. The summed E-state index contributed by atoms with van der Waals surface area (Å²) in [6.45, 7) is 4.15. The fourth-order valence-electron chi connectivity index (χ4n) is 1.01. The summed E-state index contributed by atoms with van der Waals surface area (Å²) >= 11 is 0. The van der Waals surface area contributed by atoms with Gasteiger partial charge < -0.3 is 10.1 Å². The monoisotopic (exact) mass is 184 g/mol. The second-order valence-corrected chi connectivity index (χ2v) is 2.71. The molecule has 1 aromatic heterocycles. The number of rotatable bonds is 6. The SMILES string of the molecule is CCOCCc1cn(CNC)nn1. The van der Waals surface area contributed by atoms with E-state index in [1.54, 1.807) is 4.68 Å². The number of ether oxygens (including phenoxy) is 1. The van der Waals surface area contributed by atoms with Gasteiger partial charge in [-0.25, -0.2) is 4.68 Å². The zero-order valence-corrected chi connectivity index (χ0v) is 8.16. The summed E-state index contributed by atoms with van der Waals surface area (Å²) in [6, 6.07) is 0. The topological polar surface area (TPSA) is 52.0 Å². The maximum Gasteiger partial charge on any atom is 0.0919 e. The summed E-state index contributed by atoms with van der Waals surface area (Å²) in [6.07, 6.45) is 2.76. The van der Waals surface area contributed by atoms with E-state index < -0.39 is 0 Å². The lowest BCUT2D eigenvalue weighted by atomic mass is 10.3. The van der Waals surface area contributed by atoms with Crippen molar-refractivity contribution < 1.29 is 4.74 Å². The van der Waals surface area contributed by atoms with Crippen molar-refractivity contribution >= 4 is 0 Å². The Balaban J connectivity index is 2.31. The van der Waals surface area contributed by atoms with Crippen LogP contribution < -0.4 is 5.32 Å². The van der Waals surface area contributed by atoms with E-state index in [1.807, 2.05) is 20.2 Å². The molecule has 5 nitrogen and oxygen atoms in total. The van der Waals surface area contributed by atoms with Gasteiger partial charge in [0.05, 0.1) is 25.2 Å². The van der Waals surface area contributed by atoms with Gasteiger partial charge in [-0.05, 0) is 14.0 Å². The molecule has 0 aromatic carbocycles. The molecule has 0 bridgehead atoms. The van der Waals surface area contributed by atoms with Crippen LogP contribution in [0.2, 0.25) is 0 Å². The van der Waals surface area contributed by atoms with Gasteiger partial charge in [0.25, 0.3) is 0 Å². The maximum absolute atomic E-state index is 5.21. The van der Waals surface area contributed by atoms with Gasteiger partial charge in [0.1, 0.15) is 0 Å². The summed E-state index contributed by atoms with van der Waals surface area (Å²) in [5, 5.41) is 10.9. The zero-order valence-electron chi connectivity index (χ0n) is 8.16. The molecule has 1 rings (SSSR count). The first-order chi connectivity index (χ1) is 6.36. The molecule has 0 radical (unpaired) electrons. The molecule has 0 amide bonds. The number of hydrogen-bond donors (Lipinski definition) is 1. The molecule has 1 N–H and O–H groups in total. The fourth-order valence-corrected chi connectivity index (χ4v) is 1.01. The average Bonchev–Trinajstić information content (AvgIpc) is 2.54. The van der Waals surface area contributed by atoms with Gasteiger partial charge in [-0.2, -0.15) is 0 Å². The molecular weight excluding hydrogens is 168 g/mol. The molecule has 1 heterocycles. The van der Waals surface area contributed by atoms with Gasteiger partial charge in [0.2, 0.25) is 0 Å². The lowest BCUT2D eigenvalue weighted by molar-refractivity contribution is 0.150. The average molecular weight is 184 g/mol. The van der Waals surface area contributed by atoms with Crippen molar-refractivity contribution in [2.75, 3.05) is 20.3 Å². The van der Waals surface area contributed by atoms with Crippen LogP contribution in [-0.4, -0.2) is 35.3 Å². The molecule has 74 valence electrons. The Hall–Kier alpha value is -0.940. The smallest absolute Gasteiger partial charge is 0.0919 e. The van der Waals surface area contributed by atoms with Crippen LogP contribution in [0.25, 0.3) is 0 Å². The van der Waals surface area contributed by atoms with Gasteiger partial charge >= 0.3 is 0 Å². The van der Waals surface area contributed by atoms with Crippen molar-refractivity contribution in [1.82, 2.24) is 20.3 Å². The minimum atomic E-state index is 0.696. The molecule has 0 aliphatic rings. The highest BCUT2D eigenvalue weighted by molar-refractivity contribution is 4.91. The summed E-state index contributed by atoms with van der Waals surface area (Å²) in [4.78, 5) is 0. The third-order valence-corrected chi connectivity index (χ3v) is 1.61. The molecule has 0 aliphatic heterocycles. The molecule has 0 aliphatic carbocycles. The third-order valence-electron chi connectivity index (χ3n) is 1.61. The first-order valence-electron chi connectivity index (χ1n) is 4.48. The molecule has 1 aromatic rings. The number of hydrogen-bond acceptors (Lipinski definition) is 4. The molecule has 0 fully saturated rings. The highest BCUT2D eigenvalue weighted by Crippen LogP contribution is 1.94. The van der Waals surface area contributed by atoms with Gasteiger partial charge in [0.15, 0.2) is 0 Å². The van der Waals surface area contributed by atoms with E-state index in [-0.39, 0.29) is 0 Å². The van der Waals surface area contributed by atoms with E-state index in [2.05, 4.69) is 15.6 Å². The van der Waals surface area contributed by atoms with Crippen LogP contribution in [0.15, 0.2) is 6.20 Å². The molecule has 13 heavy (non-hydrogen) atoms. The molecule has 5 heteroatoms. The van der Waals surface area contributed by atoms with Crippen molar-refractivity contribution in [3.8, 4) is 0 Å². The highest BCUT2D eigenvalue weighted by atomic mass is 16.5. The minimum Gasteiger partial charge on any atom is -0.381 e. The van der Waals surface area contributed by atoms with E-state index in [0.717, 1.165) is 25.3 Å². The summed E-state index contributed by atoms with van der Waals surface area (Å²) in [5.74, 6) is 0. The lowest BCUT2D eigenvalue weighted by Gasteiger charge is -1.96. The van der Waals surface area contributed by atoms with E-state index in [9.17, 15) is 0 Å². The normalized spacial score (nSPS) is 10.6. The van der Waals surface area contributed by atoms with Gasteiger partial charge in [0, 0.05) is 13.0 Å². The number of nitrogens with zero attached hydrogens (tertiary/aromatic N) is 3. The van der Waals surface area contributed by atoms with Gasteiger partial charge in [-0.15, -0.1) is 5.10 Å². The lowest BCUT2D eigenvalue weighted by Crippen LogP contribution is -2.13. The Labute approximate surface area is 78.1 Å².